The predicted molar refractivity (Wildman–Crippen MR) is 199 cm³/mol. The van der Waals surface area contributed by atoms with E-state index in [0.717, 1.165) is 63.7 Å². The number of carboxylic acid groups (broad SMARTS) is 1. The third-order valence-electron chi connectivity index (χ3n) is 8.57. The highest BCUT2D eigenvalue weighted by Crippen LogP contribution is 2.27. The normalized spacial score (nSPS) is 11.7. The minimum absolute atomic E-state index is 0.137. The molecule has 2 heterocycles. The van der Waals surface area contributed by atoms with Crippen LogP contribution in [0, 0.1) is 6.92 Å². The largest absolute Gasteiger partial charge is 0.478 e. The highest BCUT2D eigenvalue weighted by atomic mass is 32.2. The summed E-state index contributed by atoms with van der Waals surface area (Å²) in [5, 5.41) is 12.7. The number of hydrogen-bond acceptors (Lipinski definition) is 6. The van der Waals surface area contributed by atoms with E-state index < -0.39 is 5.97 Å². The van der Waals surface area contributed by atoms with Crippen molar-refractivity contribution in [2.24, 2.45) is 0 Å². The van der Waals surface area contributed by atoms with Crippen LogP contribution in [0.5, 0.6) is 0 Å². The molecule has 1 atom stereocenters. The summed E-state index contributed by atoms with van der Waals surface area (Å²) in [6, 6.07) is 33.6. The number of carboxylic acids is 1. The first kappa shape index (κ1) is 34.3. The van der Waals surface area contributed by atoms with Crippen molar-refractivity contribution in [3.05, 3.63) is 155 Å². The van der Waals surface area contributed by atoms with E-state index in [4.69, 9.17) is 4.98 Å². The molecule has 6 rings (SSSR count). The van der Waals surface area contributed by atoms with Gasteiger partial charge in [-0.3, -0.25) is 14.6 Å². The van der Waals surface area contributed by atoms with Crippen molar-refractivity contribution in [1.29, 1.82) is 0 Å². The molecule has 2 aromatic heterocycles. The quantitative estimate of drug-likeness (QED) is 0.127. The summed E-state index contributed by atoms with van der Waals surface area (Å²) in [6.07, 6.45) is 3.86. The number of aromatic carboxylic acids is 1. The van der Waals surface area contributed by atoms with Gasteiger partial charge in [-0.25, -0.2) is 9.78 Å². The molecule has 2 N–H and O–H groups in total. The Morgan fingerprint density at radius 2 is 1.62 bits per heavy atom. The molecule has 252 valence electrons. The van der Waals surface area contributed by atoms with Crippen LogP contribution in [0.2, 0.25) is 0 Å². The van der Waals surface area contributed by atoms with Gasteiger partial charge in [0, 0.05) is 36.5 Å². The molecule has 9 heteroatoms. The highest BCUT2D eigenvalue weighted by Gasteiger charge is 2.21. The summed E-state index contributed by atoms with van der Waals surface area (Å²) in [5.74, 6) is 0.156. The fourth-order valence-corrected chi connectivity index (χ4v) is 6.93. The zero-order valence-electron chi connectivity index (χ0n) is 28.0. The van der Waals surface area contributed by atoms with E-state index in [2.05, 4.69) is 21.8 Å². The number of aromatic nitrogens is 3. The Hall–Kier alpha value is -5.54. The van der Waals surface area contributed by atoms with Crippen LogP contribution >= 0.6 is 11.8 Å². The van der Waals surface area contributed by atoms with Crippen molar-refractivity contribution < 1.29 is 19.5 Å². The van der Waals surface area contributed by atoms with E-state index in [1.807, 2.05) is 85.8 Å². The van der Waals surface area contributed by atoms with Crippen LogP contribution < -0.4 is 5.32 Å². The van der Waals surface area contributed by atoms with Crippen LogP contribution in [0.25, 0.3) is 22.2 Å². The summed E-state index contributed by atoms with van der Waals surface area (Å²) in [7, 11) is 0. The summed E-state index contributed by atoms with van der Waals surface area (Å²) in [6.45, 7) is 4.64. The lowest BCUT2D eigenvalue weighted by atomic mass is 9.98. The van der Waals surface area contributed by atoms with Crippen molar-refractivity contribution in [3.63, 3.8) is 0 Å². The summed E-state index contributed by atoms with van der Waals surface area (Å²) in [5.41, 5.74) is 7.41. The number of fused-ring (bicyclic) bond motifs is 1. The molecule has 0 saturated heterocycles. The Morgan fingerprint density at radius 3 is 2.34 bits per heavy atom. The molecule has 0 radical (unpaired) electrons. The number of aryl methyl sites for hydroxylation is 2. The number of nitrogens with zero attached hydrogens (tertiary/aromatic N) is 3. The molecule has 1 unspecified atom stereocenters. The van der Waals surface area contributed by atoms with Crippen molar-refractivity contribution in [2.75, 3.05) is 5.75 Å². The molecule has 4 aromatic carbocycles. The third kappa shape index (κ3) is 8.01. The van der Waals surface area contributed by atoms with Crippen LogP contribution in [-0.4, -0.2) is 48.4 Å². The minimum atomic E-state index is -0.961. The van der Waals surface area contributed by atoms with Crippen molar-refractivity contribution in [1.82, 2.24) is 19.9 Å². The first-order chi connectivity index (χ1) is 24.3. The van der Waals surface area contributed by atoms with Crippen LogP contribution in [0.15, 0.2) is 115 Å². The summed E-state index contributed by atoms with van der Waals surface area (Å²) < 4.78 is 2.17. The number of benzene rings is 4. The van der Waals surface area contributed by atoms with Crippen LogP contribution in [0.4, 0.5) is 0 Å². The van der Waals surface area contributed by atoms with Crippen molar-refractivity contribution in [2.45, 2.75) is 45.7 Å². The first-order valence-corrected chi connectivity index (χ1v) is 17.6. The minimum Gasteiger partial charge on any atom is -0.478 e. The maximum absolute atomic E-state index is 13.9. The molecule has 0 aliphatic rings. The zero-order chi connectivity index (χ0) is 35.0. The van der Waals surface area contributed by atoms with E-state index in [0.29, 0.717) is 35.5 Å². The number of pyridine rings is 1. The topological polar surface area (TPSA) is 114 Å². The van der Waals surface area contributed by atoms with E-state index in [1.54, 1.807) is 36.5 Å². The smallest absolute Gasteiger partial charge is 0.336 e. The van der Waals surface area contributed by atoms with Gasteiger partial charge in [-0.1, -0.05) is 97.5 Å². The maximum atomic E-state index is 13.9. The Balaban J connectivity index is 1.27. The number of imidazole rings is 1. The second-order valence-corrected chi connectivity index (χ2v) is 13.2. The first-order valence-electron chi connectivity index (χ1n) is 16.6. The van der Waals surface area contributed by atoms with Gasteiger partial charge in [-0.2, -0.15) is 0 Å². The van der Waals surface area contributed by atoms with Gasteiger partial charge in [-0.05, 0) is 77.9 Å². The number of amides is 1. The van der Waals surface area contributed by atoms with Gasteiger partial charge in [0.05, 0.1) is 16.6 Å². The van der Waals surface area contributed by atoms with E-state index in [-0.39, 0.29) is 22.6 Å². The van der Waals surface area contributed by atoms with Crippen molar-refractivity contribution in [3.8, 4) is 11.1 Å². The lowest BCUT2D eigenvalue weighted by molar-refractivity contribution is 0.0697. The maximum Gasteiger partial charge on any atom is 0.336 e. The zero-order valence-corrected chi connectivity index (χ0v) is 28.8. The van der Waals surface area contributed by atoms with E-state index in [1.165, 1.54) is 0 Å². The Bertz CT molecular complexity index is 2130. The van der Waals surface area contributed by atoms with Gasteiger partial charge in [0.25, 0.3) is 5.91 Å². The number of thioether (sulfide) groups is 1. The van der Waals surface area contributed by atoms with Crippen LogP contribution in [0.3, 0.4) is 0 Å². The van der Waals surface area contributed by atoms with Crippen LogP contribution in [0.1, 0.15) is 67.1 Å². The van der Waals surface area contributed by atoms with Gasteiger partial charge >= 0.3 is 5.97 Å². The van der Waals surface area contributed by atoms with Gasteiger partial charge in [0.1, 0.15) is 11.5 Å². The Kier molecular flexibility index (Phi) is 10.8. The number of rotatable bonds is 13. The summed E-state index contributed by atoms with van der Waals surface area (Å²) >= 11 is 1.15. The van der Waals surface area contributed by atoms with Gasteiger partial charge in [-0.15, -0.1) is 0 Å². The number of nitrogens with one attached hydrogen (secondary N) is 1. The predicted octanol–water partition coefficient (Wildman–Crippen LogP) is 8.02. The van der Waals surface area contributed by atoms with Crippen LogP contribution in [-0.2, 0) is 19.4 Å². The molecule has 6 aromatic rings. The van der Waals surface area contributed by atoms with Gasteiger partial charge < -0.3 is 15.0 Å². The highest BCUT2D eigenvalue weighted by molar-refractivity contribution is 8.14. The molecule has 0 spiro atoms. The SMILES string of the molecule is CCCc1nc2c(C)cc(C(=O)NC(CSC(=O)c3ccccn3)Cc3ccccc3)cc2n1Cc1ccc(-c2ccccc2C(=O)O)cc1. The molecule has 8 nitrogen and oxygen atoms in total. The van der Waals surface area contributed by atoms with E-state index >= 15 is 0 Å². The van der Waals surface area contributed by atoms with E-state index in [9.17, 15) is 19.5 Å². The third-order valence-corrected chi connectivity index (χ3v) is 9.61. The molecular formula is C41H38N4O4S. The van der Waals surface area contributed by atoms with Gasteiger partial charge in [0.15, 0.2) is 0 Å². The molecule has 0 saturated carbocycles. The fraction of sp³-hybridized carbons (Fsp3) is 0.195. The lowest BCUT2D eigenvalue weighted by Crippen LogP contribution is -2.38. The standard InChI is InChI=1S/C41H38N4O4S/c1-3-11-37-44-38-27(2)22-31(24-36(38)45(37)25-29-17-19-30(20-18-29)33-14-7-8-15-34(33)40(47)48)39(46)43-32(23-28-12-5-4-6-13-28)26-50-41(49)35-16-9-10-21-42-35/h4-10,12-22,24,32H,3,11,23,25-26H2,1-2H3,(H,43,46)(H,47,48). The monoisotopic (exact) mass is 682 g/mol. The van der Waals surface area contributed by atoms with Crippen molar-refractivity contribution >= 4 is 39.8 Å². The fourth-order valence-electron chi connectivity index (χ4n) is 6.11. The molecule has 0 bridgehead atoms. The molecule has 0 fully saturated rings. The second kappa shape index (κ2) is 15.8. The molecule has 1 amide bonds. The number of hydrogen-bond donors (Lipinski definition) is 2. The average molecular weight is 683 g/mol. The number of carbonyl (C=O) groups is 3. The van der Waals surface area contributed by atoms with Gasteiger partial charge in [0.2, 0.25) is 5.12 Å². The number of carbonyl (C=O) groups excluding carboxylic acids is 2. The Labute approximate surface area is 295 Å². The Morgan fingerprint density at radius 1 is 0.880 bits per heavy atom. The molecule has 0 aliphatic heterocycles. The summed E-state index contributed by atoms with van der Waals surface area (Å²) in [4.78, 5) is 47.8. The molecular weight excluding hydrogens is 645 g/mol. The average Bonchev–Trinajstić information content (AvgIpc) is 3.48. The molecule has 50 heavy (non-hydrogen) atoms. The molecule has 0 aliphatic carbocycles. The lowest BCUT2D eigenvalue weighted by Gasteiger charge is -2.19. The second-order valence-electron chi connectivity index (χ2n) is 12.2.